The van der Waals surface area contributed by atoms with Crippen molar-refractivity contribution in [3.63, 3.8) is 0 Å². The number of aryl methyl sites for hydroxylation is 1. The molecule has 0 spiro atoms. The van der Waals surface area contributed by atoms with Gasteiger partial charge in [0.2, 0.25) is 0 Å². The topological polar surface area (TPSA) is 81.9 Å². The quantitative estimate of drug-likeness (QED) is 0.675. The van der Waals surface area contributed by atoms with Gasteiger partial charge in [-0.1, -0.05) is 0 Å². The number of rotatable bonds is 4. The van der Waals surface area contributed by atoms with E-state index >= 15 is 0 Å². The number of tetrazole rings is 1. The van der Waals surface area contributed by atoms with Gasteiger partial charge in [0, 0.05) is 6.04 Å². The van der Waals surface area contributed by atoms with Crippen LogP contribution in [0.1, 0.15) is 5.82 Å². The Morgan fingerprint density at radius 2 is 2.44 bits per heavy atom. The second-order valence-corrected chi connectivity index (χ2v) is 3.88. The summed E-state index contributed by atoms with van der Waals surface area (Å²) < 4.78 is 5.28. The monoisotopic (exact) mass is 225 g/mol. The summed E-state index contributed by atoms with van der Waals surface area (Å²) >= 11 is 0. The number of ketones is 1. The van der Waals surface area contributed by atoms with Crippen molar-refractivity contribution in [2.75, 3.05) is 20.3 Å². The maximum atomic E-state index is 12.0. The highest BCUT2D eigenvalue weighted by Crippen LogP contribution is 2.15. The molecule has 1 N–H and O–H groups in total. The maximum absolute atomic E-state index is 12.0. The van der Waals surface area contributed by atoms with Crippen molar-refractivity contribution in [1.29, 1.82) is 0 Å². The third kappa shape index (κ3) is 2.25. The second kappa shape index (κ2) is 4.67. The fourth-order valence-electron chi connectivity index (χ4n) is 1.84. The van der Waals surface area contributed by atoms with E-state index in [1.807, 2.05) is 7.05 Å². The van der Waals surface area contributed by atoms with Crippen LogP contribution in [-0.4, -0.2) is 52.3 Å². The van der Waals surface area contributed by atoms with Crippen molar-refractivity contribution in [1.82, 2.24) is 25.5 Å². The van der Waals surface area contributed by atoms with Gasteiger partial charge in [0.05, 0.1) is 32.6 Å². The number of Topliss-reactive ketones (excluding diaryl/α,β-unsaturated/α-hetero) is 1. The molecule has 2 unspecified atom stereocenters. The van der Waals surface area contributed by atoms with E-state index in [1.54, 1.807) is 7.05 Å². The van der Waals surface area contributed by atoms with Gasteiger partial charge in [-0.05, 0) is 12.3 Å². The van der Waals surface area contributed by atoms with Gasteiger partial charge in [-0.15, -0.1) is 10.2 Å². The number of carbonyl (C=O) groups excluding carboxylic acids is 1. The zero-order chi connectivity index (χ0) is 11.5. The molecular weight excluding hydrogens is 210 g/mol. The van der Waals surface area contributed by atoms with E-state index in [2.05, 4.69) is 20.7 Å². The molecule has 0 radical (unpaired) electrons. The molecule has 1 fully saturated rings. The molecule has 1 saturated heterocycles. The number of likely N-dealkylation sites (N-methyl/N-ethyl adjacent to an activating group) is 1. The van der Waals surface area contributed by atoms with E-state index in [9.17, 15) is 4.79 Å². The summed E-state index contributed by atoms with van der Waals surface area (Å²) in [6.45, 7) is 1.06. The van der Waals surface area contributed by atoms with Crippen molar-refractivity contribution in [3.05, 3.63) is 5.82 Å². The summed E-state index contributed by atoms with van der Waals surface area (Å²) in [5.74, 6) is 0.466. The van der Waals surface area contributed by atoms with Crippen molar-refractivity contribution in [2.45, 2.75) is 12.5 Å². The van der Waals surface area contributed by atoms with Crippen LogP contribution in [0.25, 0.3) is 0 Å². The third-order valence-electron chi connectivity index (χ3n) is 2.75. The lowest BCUT2D eigenvalue weighted by atomic mass is 9.96. The van der Waals surface area contributed by atoms with E-state index in [0.717, 1.165) is 0 Å². The summed E-state index contributed by atoms with van der Waals surface area (Å²) in [5.41, 5.74) is 0. The first-order chi connectivity index (χ1) is 7.70. The fourth-order valence-corrected chi connectivity index (χ4v) is 1.84. The first-order valence-corrected chi connectivity index (χ1v) is 5.21. The van der Waals surface area contributed by atoms with Crippen LogP contribution in [0.5, 0.6) is 0 Å². The molecule has 1 aromatic rings. The molecule has 1 aliphatic heterocycles. The Morgan fingerprint density at radius 3 is 3.06 bits per heavy atom. The second-order valence-electron chi connectivity index (χ2n) is 3.88. The number of hydrogen-bond acceptors (Lipinski definition) is 6. The van der Waals surface area contributed by atoms with Crippen molar-refractivity contribution < 1.29 is 9.53 Å². The van der Waals surface area contributed by atoms with Crippen LogP contribution in [-0.2, 0) is 23.0 Å². The minimum atomic E-state index is -0.103. The van der Waals surface area contributed by atoms with E-state index in [4.69, 9.17) is 4.74 Å². The molecule has 1 aliphatic rings. The summed E-state index contributed by atoms with van der Waals surface area (Å²) in [6, 6.07) is 0.101. The van der Waals surface area contributed by atoms with Crippen molar-refractivity contribution in [3.8, 4) is 0 Å². The molecule has 0 amide bonds. The third-order valence-corrected chi connectivity index (χ3v) is 2.75. The molecule has 2 rings (SSSR count). The van der Waals surface area contributed by atoms with Crippen LogP contribution in [0.3, 0.4) is 0 Å². The number of nitrogens with zero attached hydrogens (tertiary/aromatic N) is 4. The van der Waals surface area contributed by atoms with Gasteiger partial charge >= 0.3 is 0 Å². The molecule has 88 valence electrons. The van der Waals surface area contributed by atoms with Crippen LogP contribution >= 0.6 is 0 Å². The van der Waals surface area contributed by atoms with Crippen molar-refractivity contribution >= 4 is 5.78 Å². The van der Waals surface area contributed by atoms with Crippen LogP contribution in [0.15, 0.2) is 0 Å². The van der Waals surface area contributed by atoms with E-state index in [-0.39, 0.29) is 24.2 Å². The molecule has 0 aliphatic carbocycles. The van der Waals surface area contributed by atoms with Gasteiger partial charge in [0.1, 0.15) is 5.78 Å². The molecule has 0 saturated carbocycles. The first-order valence-electron chi connectivity index (χ1n) is 5.21. The summed E-state index contributed by atoms with van der Waals surface area (Å²) in [6.07, 6.45) is 0.222. The Morgan fingerprint density at radius 1 is 1.62 bits per heavy atom. The standard InChI is InChI=1S/C9H15N5O2/c1-10-7-5-16-4-6(7)8(15)3-9-11-13-14(2)12-9/h6-7,10H,3-5H2,1-2H3. The van der Waals surface area contributed by atoms with Gasteiger partial charge < -0.3 is 10.1 Å². The van der Waals surface area contributed by atoms with Gasteiger partial charge in [-0.25, -0.2) is 0 Å². The Bertz CT molecular complexity index is 378. The minimum Gasteiger partial charge on any atom is -0.379 e. The predicted molar refractivity (Wildman–Crippen MR) is 54.7 cm³/mol. The molecule has 2 heterocycles. The maximum Gasteiger partial charge on any atom is 0.182 e. The SMILES string of the molecule is CNC1COCC1C(=O)Cc1nnn(C)n1. The largest absolute Gasteiger partial charge is 0.379 e. The average Bonchev–Trinajstić information content (AvgIpc) is 2.86. The molecule has 2 atom stereocenters. The molecular formula is C9H15N5O2. The Balaban J connectivity index is 1.97. The molecule has 7 nitrogen and oxygen atoms in total. The molecule has 0 aromatic carbocycles. The van der Waals surface area contributed by atoms with Crippen LogP contribution < -0.4 is 5.32 Å². The Labute approximate surface area is 93.2 Å². The van der Waals surface area contributed by atoms with E-state index < -0.39 is 0 Å². The normalized spacial score (nSPS) is 24.9. The lowest BCUT2D eigenvalue weighted by Crippen LogP contribution is -2.37. The number of carbonyl (C=O) groups is 1. The minimum absolute atomic E-state index is 0.101. The zero-order valence-electron chi connectivity index (χ0n) is 9.38. The molecule has 7 heteroatoms. The first kappa shape index (κ1) is 11.2. The molecule has 1 aromatic heterocycles. The predicted octanol–water partition coefficient (Wildman–Crippen LogP) is -1.44. The molecule has 0 bridgehead atoms. The van der Waals surface area contributed by atoms with Crippen LogP contribution in [0.2, 0.25) is 0 Å². The Hall–Kier alpha value is -1.34. The van der Waals surface area contributed by atoms with Gasteiger partial charge in [-0.3, -0.25) is 4.79 Å². The summed E-state index contributed by atoms with van der Waals surface area (Å²) in [7, 11) is 3.51. The smallest absolute Gasteiger partial charge is 0.182 e. The highest BCUT2D eigenvalue weighted by Gasteiger charge is 2.33. The van der Waals surface area contributed by atoms with Crippen LogP contribution in [0, 0.1) is 5.92 Å². The summed E-state index contributed by atoms with van der Waals surface area (Å²) in [4.78, 5) is 13.3. The number of hydrogen-bond donors (Lipinski definition) is 1. The number of ether oxygens (including phenoxy) is 1. The zero-order valence-corrected chi connectivity index (χ0v) is 9.38. The highest BCUT2D eigenvalue weighted by atomic mass is 16.5. The highest BCUT2D eigenvalue weighted by molar-refractivity contribution is 5.83. The van der Waals surface area contributed by atoms with Gasteiger partial charge in [0.15, 0.2) is 5.82 Å². The average molecular weight is 225 g/mol. The van der Waals surface area contributed by atoms with E-state index in [0.29, 0.717) is 19.0 Å². The van der Waals surface area contributed by atoms with Crippen LogP contribution in [0.4, 0.5) is 0 Å². The Kier molecular flexibility index (Phi) is 3.25. The summed E-state index contributed by atoms with van der Waals surface area (Å²) in [5, 5.41) is 14.6. The fraction of sp³-hybridized carbons (Fsp3) is 0.778. The number of aromatic nitrogens is 4. The van der Waals surface area contributed by atoms with Gasteiger partial charge in [0.25, 0.3) is 0 Å². The van der Waals surface area contributed by atoms with Gasteiger partial charge in [-0.2, -0.15) is 4.80 Å². The lowest BCUT2D eigenvalue weighted by molar-refractivity contribution is -0.122. The molecule has 16 heavy (non-hydrogen) atoms. The number of nitrogens with one attached hydrogen (secondary N) is 1. The lowest BCUT2D eigenvalue weighted by Gasteiger charge is -2.14. The van der Waals surface area contributed by atoms with Crippen molar-refractivity contribution in [2.24, 2.45) is 13.0 Å². The van der Waals surface area contributed by atoms with E-state index in [1.165, 1.54) is 4.80 Å².